The van der Waals surface area contributed by atoms with Gasteiger partial charge in [0, 0.05) is 17.3 Å². The van der Waals surface area contributed by atoms with Crippen LogP contribution in [0.2, 0.25) is 0 Å². The summed E-state index contributed by atoms with van der Waals surface area (Å²) >= 11 is 0. The van der Waals surface area contributed by atoms with E-state index < -0.39 is 23.8 Å². The zero-order valence-electron chi connectivity index (χ0n) is 24.4. The Morgan fingerprint density at radius 2 is 1.51 bits per heavy atom. The maximum Gasteiger partial charge on any atom is 0.412 e. The number of hydrogen-bond acceptors (Lipinski definition) is 5. The van der Waals surface area contributed by atoms with Crippen LogP contribution in [-0.4, -0.2) is 36.3 Å². The highest BCUT2D eigenvalue weighted by atomic mass is 16.6. The molecule has 3 aromatic rings. The van der Waals surface area contributed by atoms with Gasteiger partial charge in [-0.3, -0.25) is 10.1 Å². The summed E-state index contributed by atoms with van der Waals surface area (Å²) in [5, 5.41) is 8.36. The molecule has 0 spiro atoms. The summed E-state index contributed by atoms with van der Waals surface area (Å²) in [6, 6.07) is 20.7. The molecule has 1 aliphatic rings. The zero-order chi connectivity index (χ0) is 29.6. The van der Waals surface area contributed by atoms with Gasteiger partial charge in [-0.1, -0.05) is 74.4 Å². The number of benzene rings is 3. The number of amides is 3. The van der Waals surface area contributed by atoms with Crippen molar-refractivity contribution in [2.45, 2.75) is 71.4 Å². The van der Waals surface area contributed by atoms with E-state index >= 15 is 0 Å². The van der Waals surface area contributed by atoms with E-state index in [4.69, 9.17) is 9.47 Å². The number of fused-ring (bicyclic) bond motifs is 3. The van der Waals surface area contributed by atoms with E-state index in [1.165, 1.54) is 0 Å². The summed E-state index contributed by atoms with van der Waals surface area (Å²) in [6.45, 7) is 9.40. The molecule has 0 radical (unpaired) electrons. The van der Waals surface area contributed by atoms with Crippen LogP contribution < -0.4 is 16.0 Å². The van der Waals surface area contributed by atoms with Crippen molar-refractivity contribution in [2.75, 3.05) is 17.2 Å². The van der Waals surface area contributed by atoms with Crippen molar-refractivity contribution < 1.29 is 23.9 Å². The molecule has 3 N–H and O–H groups in total. The first-order valence-electron chi connectivity index (χ1n) is 14.1. The SMILES string of the molecule is CCCC[C@H](NC(=O)OCC1c2ccccc2-c2ccccc21)C(=O)Nc1ccc(C)c(NC(=O)OC(C)(C)C)c1. The maximum absolute atomic E-state index is 13.3. The first-order valence-corrected chi connectivity index (χ1v) is 14.1. The molecule has 3 aromatic carbocycles. The fourth-order valence-electron chi connectivity index (χ4n) is 4.94. The standard InChI is InChI=1S/C33H39N3O5/c1-6-7-16-28(30(37)34-22-18-17-21(2)29(19-22)36-32(39)41-33(3,4)5)35-31(38)40-20-27-25-14-10-8-12-23(25)24-13-9-11-15-26(24)27/h8-15,17-19,27-28H,6-7,16,20H2,1-5H3,(H,34,37)(H,35,38)(H,36,39)/t28-/m0/s1. The predicted octanol–water partition coefficient (Wildman–Crippen LogP) is 7.38. The molecule has 0 fully saturated rings. The molecule has 41 heavy (non-hydrogen) atoms. The summed E-state index contributed by atoms with van der Waals surface area (Å²) in [5.41, 5.74) is 5.73. The lowest BCUT2D eigenvalue weighted by Crippen LogP contribution is -2.44. The Bertz CT molecular complexity index is 1370. The number of alkyl carbamates (subject to hydrolysis) is 1. The molecule has 216 valence electrons. The summed E-state index contributed by atoms with van der Waals surface area (Å²) in [5.74, 6) is -0.432. The normalized spacial score (nSPS) is 13.0. The second-order valence-corrected chi connectivity index (χ2v) is 11.3. The van der Waals surface area contributed by atoms with Gasteiger partial charge in [-0.05, 0) is 74.1 Å². The van der Waals surface area contributed by atoms with Crippen molar-refractivity contribution in [2.24, 2.45) is 0 Å². The van der Waals surface area contributed by atoms with Gasteiger partial charge in [0.1, 0.15) is 18.2 Å². The highest BCUT2D eigenvalue weighted by molar-refractivity contribution is 5.97. The number of rotatable bonds is 9. The monoisotopic (exact) mass is 557 g/mol. The fourth-order valence-corrected chi connectivity index (χ4v) is 4.94. The number of nitrogens with one attached hydrogen (secondary N) is 3. The molecule has 0 heterocycles. The van der Waals surface area contributed by atoms with Crippen molar-refractivity contribution >= 4 is 29.5 Å². The fraction of sp³-hybridized carbons (Fsp3) is 0.364. The number of unbranched alkanes of at least 4 members (excludes halogenated alkanes) is 1. The topological polar surface area (TPSA) is 106 Å². The van der Waals surface area contributed by atoms with Gasteiger partial charge in [0.05, 0.1) is 0 Å². The second kappa shape index (κ2) is 12.9. The number of ether oxygens (including phenoxy) is 2. The van der Waals surface area contributed by atoms with Crippen LogP contribution in [0.5, 0.6) is 0 Å². The van der Waals surface area contributed by atoms with Gasteiger partial charge >= 0.3 is 12.2 Å². The molecule has 0 bridgehead atoms. The minimum absolute atomic E-state index is 0.0699. The predicted molar refractivity (Wildman–Crippen MR) is 161 cm³/mol. The molecular formula is C33H39N3O5. The van der Waals surface area contributed by atoms with E-state index in [1.807, 2.05) is 38.1 Å². The van der Waals surface area contributed by atoms with Gasteiger partial charge in [-0.2, -0.15) is 0 Å². The van der Waals surface area contributed by atoms with Crippen LogP contribution >= 0.6 is 0 Å². The maximum atomic E-state index is 13.3. The van der Waals surface area contributed by atoms with Crippen LogP contribution in [0.4, 0.5) is 21.0 Å². The molecule has 8 heteroatoms. The van der Waals surface area contributed by atoms with Crippen molar-refractivity contribution in [1.29, 1.82) is 0 Å². The van der Waals surface area contributed by atoms with Crippen LogP contribution in [0.15, 0.2) is 66.7 Å². The molecule has 3 amide bonds. The lowest BCUT2D eigenvalue weighted by atomic mass is 9.98. The van der Waals surface area contributed by atoms with Crippen molar-refractivity contribution in [1.82, 2.24) is 5.32 Å². The third-order valence-corrected chi connectivity index (χ3v) is 6.94. The Kier molecular flexibility index (Phi) is 9.32. The minimum Gasteiger partial charge on any atom is -0.449 e. The summed E-state index contributed by atoms with van der Waals surface area (Å²) in [4.78, 5) is 38.4. The van der Waals surface area contributed by atoms with Gasteiger partial charge < -0.3 is 20.1 Å². The molecule has 8 nitrogen and oxygen atoms in total. The quantitative estimate of drug-likeness (QED) is 0.255. The van der Waals surface area contributed by atoms with E-state index in [1.54, 1.807) is 39.0 Å². The number of aryl methyl sites for hydroxylation is 1. The van der Waals surface area contributed by atoms with Gasteiger partial charge in [-0.15, -0.1) is 0 Å². The van der Waals surface area contributed by atoms with E-state index in [0.717, 1.165) is 40.7 Å². The average molecular weight is 558 g/mol. The Morgan fingerprint density at radius 3 is 2.12 bits per heavy atom. The Balaban J connectivity index is 1.40. The lowest BCUT2D eigenvalue weighted by Gasteiger charge is -2.21. The molecule has 0 saturated carbocycles. The Hall–Kier alpha value is -4.33. The van der Waals surface area contributed by atoms with Crippen molar-refractivity contribution in [3.8, 4) is 11.1 Å². The zero-order valence-corrected chi connectivity index (χ0v) is 24.4. The second-order valence-electron chi connectivity index (χ2n) is 11.3. The molecule has 4 rings (SSSR count). The number of hydrogen-bond donors (Lipinski definition) is 3. The molecule has 0 aromatic heterocycles. The van der Waals surface area contributed by atoms with Gasteiger partial charge in [0.25, 0.3) is 0 Å². The van der Waals surface area contributed by atoms with E-state index in [-0.39, 0.29) is 18.4 Å². The third-order valence-electron chi connectivity index (χ3n) is 6.94. The highest BCUT2D eigenvalue weighted by Gasteiger charge is 2.30. The smallest absolute Gasteiger partial charge is 0.412 e. The molecule has 1 atom stereocenters. The summed E-state index contributed by atoms with van der Waals surface area (Å²) in [6.07, 6.45) is 0.855. The Morgan fingerprint density at radius 1 is 0.878 bits per heavy atom. The van der Waals surface area contributed by atoms with Gasteiger partial charge in [-0.25, -0.2) is 9.59 Å². The summed E-state index contributed by atoms with van der Waals surface area (Å²) < 4.78 is 11.0. The van der Waals surface area contributed by atoms with Gasteiger partial charge in [0.2, 0.25) is 5.91 Å². The van der Waals surface area contributed by atoms with Crippen molar-refractivity contribution in [3.63, 3.8) is 0 Å². The molecule has 0 saturated heterocycles. The largest absolute Gasteiger partial charge is 0.449 e. The van der Waals surface area contributed by atoms with Gasteiger partial charge in [0.15, 0.2) is 0 Å². The lowest BCUT2D eigenvalue weighted by molar-refractivity contribution is -0.118. The van der Waals surface area contributed by atoms with Crippen LogP contribution in [0, 0.1) is 6.92 Å². The van der Waals surface area contributed by atoms with Crippen molar-refractivity contribution in [3.05, 3.63) is 83.4 Å². The third kappa shape index (κ3) is 7.66. The summed E-state index contributed by atoms with van der Waals surface area (Å²) in [7, 11) is 0. The van der Waals surface area contributed by atoms with Crippen LogP contribution in [0.3, 0.4) is 0 Å². The molecular weight excluding hydrogens is 518 g/mol. The first-order chi connectivity index (χ1) is 19.6. The number of anilines is 2. The van der Waals surface area contributed by atoms with E-state index in [0.29, 0.717) is 17.8 Å². The van der Waals surface area contributed by atoms with E-state index in [2.05, 4.69) is 40.2 Å². The molecule has 0 unspecified atom stereocenters. The van der Waals surface area contributed by atoms with Crippen LogP contribution in [0.1, 0.15) is 69.6 Å². The van der Waals surface area contributed by atoms with Crippen LogP contribution in [0.25, 0.3) is 11.1 Å². The first kappa shape index (κ1) is 29.6. The number of carbonyl (C=O) groups excluding carboxylic acids is 3. The minimum atomic E-state index is -0.783. The Labute approximate surface area is 241 Å². The van der Waals surface area contributed by atoms with Crippen LogP contribution in [-0.2, 0) is 14.3 Å². The molecule has 0 aliphatic heterocycles. The van der Waals surface area contributed by atoms with E-state index in [9.17, 15) is 14.4 Å². The highest BCUT2D eigenvalue weighted by Crippen LogP contribution is 2.44. The number of carbonyl (C=O) groups is 3. The molecule has 1 aliphatic carbocycles. The average Bonchev–Trinajstić information content (AvgIpc) is 3.24.